The second-order valence-electron chi connectivity index (χ2n) is 12.3. The van der Waals surface area contributed by atoms with E-state index in [2.05, 4.69) is 0 Å². The predicted molar refractivity (Wildman–Crippen MR) is 174 cm³/mol. The average Bonchev–Trinajstić information content (AvgIpc) is 3.23. The van der Waals surface area contributed by atoms with E-state index >= 15 is 35.1 Å². The van der Waals surface area contributed by atoms with Crippen LogP contribution in [-0.2, 0) is 14.1 Å². The summed E-state index contributed by atoms with van der Waals surface area (Å²) in [5, 5.41) is 0. The molecule has 0 saturated carbocycles. The number of carbonyl (C=O) groups is 1. The lowest BCUT2D eigenvalue weighted by atomic mass is 9.12. The van der Waals surface area contributed by atoms with E-state index in [0.717, 1.165) is 0 Å². The summed E-state index contributed by atoms with van der Waals surface area (Å²) in [6.45, 7) is 3.76. The Bertz CT molecular complexity index is 2210. The Labute approximate surface area is 323 Å². The molecule has 24 heteroatoms. The monoisotopic (exact) mass is 904 g/mol. The van der Waals surface area contributed by atoms with E-state index in [0.29, 0.717) is 17.1 Å². The average molecular weight is 904 g/mol. The number of ketones is 1. The van der Waals surface area contributed by atoms with Crippen molar-refractivity contribution >= 4 is 43.7 Å². The molecule has 0 saturated heterocycles. The van der Waals surface area contributed by atoms with Gasteiger partial charge in [-0.2, -0.15) is 0 Å². The van der Waals surface area contributed by atoms with E-state index < -0.39 is 154 Å². The zero-order valence-electron chi connectivity index (χ0n) is 29.4. The number of carbonyl (C=O) groups excluding carboxylic acids is 1. The van der Waals surface area contributed by atoms with Gasteiger partial charge in [-0.1, -0.05) is 30.3 Å². The van der Waals surface area contributed by atoms with Crippen molar-refractivity contribution in [1.82, 2.24) is 0 Å². The zero-order chi connectivity index (χ0) is 45.7. The largest absolute Gasteiger partial charge is 0.289 e. The fourth-order valence-corrected chi connectivity index (χ4v) is 7.69. The van der Waals surface area contributed by atoms with Crippen LogP contribution in [0.15, 0.2) is 30.3 Å². The summed E-state index contributed by atoms with van der Waals surface area (Å²) in [6, 6.07) is 9.06. The minimum atomic E-state index is -7.22. The SMILES string of the molecule is CC[S+](=O)(CC)CC(=O)c1ccccc1.Fc1c(F)c(F)c([B-](c2c(F)c(F)c(F)c(F)c2F)(c2c(F)c(F)c(F)c(F)c2F)c2c(F)c(F)c(F)c(F)c2F)c(F)c1F. The first-order chi connectivity index (χ1) is 27.8. The first kappa shape index (κ1) is 47.3. The Morgan fingerprint density at radius 3 is 0.783 bits per heavy atom. The molecular weight excluding hydrogens is 887 g/mol. The third-order valence-electron chi connectivity index (χ3n) is 9.25. The number of halogens is 20. The summed E-state index contributed by atoms with van der Waals surface area (Å²) in [7, 11) is -1.96. The molecule has 322 valence electrons. The lowest BCUT2D eigenvalue weighted by molar-refractivity contribution is 0.102. The minimum Gasteiger partial charge on any atom is -0.289 e. The van der Waals surface area contributed by atoms with Gasteiger partial charge in [0.15, 0.2) is 75.6 Å². The predicted octanol–water partition coefficient (Wildman–Crippen LogP) is 8.25. The molecule has 5 aromatic rings. The van der Waals surface area contributed by atoms with E-state index in [1.807, 2.05) is 32.0 Å². The minimum absolute atomic E-state index is 0.00991. The molecule has 0 N–H and O–H groups in total. The van der Waals surface area contributed by atoms with E-state index in [-0.39, 0.29) is 11.5 Å². The lowest BCUT2D eigenvalue weighted by Crippen LogP contribution is -2.81. The quantitative estimate of drug-likeness (QED) is 0.0373. The third kappa shape index (κ3) is 7.39. The molecule has 5 rings (SSSR count). The highest BCUT2D eigenvalue weighted by Gasteiger charge is 2.52. The van der Waals surface area contributed by atoms with Crippen molar-refractivity contribution in [3.8, 4) is 0 Å². The molecule has 0 aliphatic heterocycles. The summed E-state index contributed by atoms with van der Waals surface area (Å²) < 4.78 is 306. The smallest absolute Gasteiger partial charge is 0.211 e. The Balaban J connectivity index is 0.000000445. The first-order valence-corrected chi connectivity index (χ1v) is 18.2. The van der Waals surface area contributed by atoms with Crippen molar-refractivity contribution in [2.24, 2.45) is 0 Å². The summed E-state index contributed by atoms with van der Waals surface area (Å²) in [5.41, 5.74) is -13.7. The highest BCUT2D eigenvalue weighted by atomic mass is 32.2. The molecule has 0 atom stereocenters. The van der Waals surface area contributed by atoms with Gasteiger partial charge in [-0.3, -0.25) is 4.79 Å². The molecule has 0 aliphatic rings. The van der Waals surface area contributed by atoms with Crippen LogP contribution in [0.1, 0.15) is 24.2 Å². The van der Waals surface area contributed by atoms with Gasteiger partial charge in [-0.15, -0.1) is 26.1 Å². The van der Waals surface area contributed by atoms with E-state index in [1.165, 1.54) is 0 Å². The molecule has 0 unspecified atom stereocenters. The molecule has 0 heterocycles. The molecule has 5 aromatic carbocycles. The molecule has 2 nitrogen and oxygen atoms in total. The summed E-state index contributed by atoms with van der Waals surface area (Å²) >= 11 is 0. The van der Waals surface area contributed by atoms with Gasteiger partial charge in [0, 0.05) is 5.56 Å². The fraction of sp³-hybridized carbons (Fsp3) is 0.139. The second-order valence-corrected chi connectivity index (χ2v) is 15.7. The molecule has 0 fully saturated rings. The summed E-state index contributed by atoms with van der Waals surface area (Å²) in [6.07, 6.45) is -7.22. The molecule has 0 spiro atoms. The van der Waals surface area contributed by atoms with Gasteiger partial charge in [0.2, 0.25) is 5.78 Å². The molecule has 0 radical (unpaired) electrons. The van der Waals surface area contributed by atoms with Crippen molar-refractivity contribution in [1.29, 1.82) is 0 Å². The van der Waals surface area contributed by atoms with Gasteiger partial charge in [0.1, 0.15) is 64.2 Å². The van der Waals surface area contributed by atoms with Gasteiger partial charge in [-0.25, -0.2) is 87.8 Å². The molecular formula is C36H17BF20O2S. The Morgan fingerprint density at radius 1 is 0.383 bits per heavy atom. The number of hydrogen-bond donors (Lipinski definition) is 0. The maximum absolute atomic E-state index is 15.4. The van der Waals surface area contributed by atoms with E-state index in [9.17, 15) is 61.7 Å². The van der Waals surface area contributed by atoms with Gasteiger partial charge in [-0.05, 0) is 13.8 Å². The van der Waals surface area contributed by atoms with Gasteiger partial charge in [0.25, 0.3) is 0 Å². The van der Waals surface area contributed by atoms with Crippen LogP contribution in [0.5, 0.6) is 0 Å². The Morgan fingerprint density at radius 2 is 0.583 bits per heavy atom. The standard InChI is InChI=1S/C24BF20.C12H17O2S/c26-5-1(6(27)14(35)21(42)13(5)34)25(2-7(28)15(36)22(43)16(37)8(2)29,3-9(30)17(38)23(44)18(39)10(3)31)4-11(32)19(40)24(45)20(41)12(4)33;1-3-15(14,4-2)10-12(13)11-8-6-5-7-9-11/h;5-9H,3-4,10H2,1-2H3/q-1;+1. The summed E-state index contributed by atoms with van der Waals surface area (Å²) in [5.74, 6) is -70.1. The number of rotatable bonds is 9. The number of Topliss-reactive ketones (excluding diaryl/α,β-unsaturated/α-hetero) is 1. The number of benzene rings is 5. The van der Waals surface area contributed by atoms with Crippen molar-refractivity contribution in [2.75, 3.05) is 17.3 Å². The van der Waals surface area contributed by atoms with Crippen LogP contribution >= 0.6 is 0 Å². The van der Waals surface area contributed by atoms with Crippen molar-refractivity contribution in [3.63, 3.8) is 0 Å². The van der Waals surface area contributed by atoms with Crippen molar-refractivity contribution in [3.05, 3.63) is 152 Å². The topological polar surface area (TPSA) is 34.1 Å². The second kappa shape index (κ2) is 17.3. The molecule has 0 aliphatic carbocycles. The third-order valence-corrected chi connectivity index (χ3v) is 12.1. The van der Waals surface area contributed by atoms with Crippen LogP contribution in [0.4, 0.5) is 87.8 Å². The normalized spacial score (nSPS) is 11.8. The van der Waals surface area contributed by atoms with Crippen LogP contribution < -0.4 is 21.9 Å². The van der Waals surface area contributed by atoms with Crippen molar-refractivity contribution < 1.29 is 96.8 Å². The maximum Gasteiger partial charge on any atom is 0.211 e. The first-order valence-electron chi connectivity index (χ1n) is 16.1. The van der Waals surface area contributed by atoms with Crippen LogP contribution in [-0.4, -0.2) is 29.2 Å². The Kier molecular flexibility index (Phi) is 13.6. The maximum atomic E-state index is 15.4. The van der Waals surface area contributed by atoms with Gasteiger partial charge < -0.3 is 0 Å². The molecule has 0 aromatic heterocycles. The van der Waals surface area contributed by atoms with E-state index in [4.69, 9.17) is 0 Å². The van der Waals surface area contributed by atoms with Crippen LogP contribution in [0, 0.1) is 116 Å². The summed E-state index contributed by atoms with van der Waals surface area (Å²) in [4.78, 5) is 11.8. The molecule has 0 amide bonds. The van der Waals surface area contributed by atoms with Crippen LogP contribution in [0.2, 0.25) is 0 Å². The molecule has 0 bridgehead atoms. The van der Waals surface area contributed by atoms with Crippen LogP contribution in [0.25, 0.3) is 0 Å². The molecule has 60 heavy (non-hydrogen) atoms. The highest BCUT2D eigenvalue weighted by molar-refractivity contribution is 8.03. The lowest BCUT2D eigenvalue weighted by Gasteiger charge is -2.44. The van der Waals surface area contributed by atoms with Gasteiger partial charge >= 0.3 is 0 Å². The number of hydrogen-bond acceptors (Lipinski definition) is 2. The van der Waals surface area contributed by atoms with Gasteiger partial charge in [0.05, 0.1) is 9.93 Å². The van der Waals surface area contributed by atoms with Crippen molar-refractivity contribution in [2.45, 2.75) is 13.8 Å². The fourth-order valence-electron chi connectivity index (χ4n) is 6.23. The zero-order valence-corrected chi connectivity index (χ0v) is 30.2. The van der Waals surface area contributed by atoms with E-state index in [1.54, 1.807) is 12.1 Å². The van der Waals surface area contributed by atoms with Crippen LogP contribution in [0.3, 0.4) is 0 Å². The highest BCUT2D eigenvalue weighted by Crippen LogP contribution is 2.30. The Hall–Kier alpha value is -5.42.